The van der Waals surface area contributed by atoms with Crippen molar-refractivity contribution < 1.29 is 9.53 Å². The highest BCUT2D eigenvalue weighted by Gasteiger charge is 2.25. The van der Waals surface area contributed by atoms with Crippen molar-refractivity contribution in [2.75, 3.05) is 19.7 Å². The summed E-state index contributed by atoms with van der Waals surface area (Å²) in [6.07, 6.45) is 2.18. The first-order chi connectivity index (χ1) is 8.72. The second-order valence-electron chi connectivity index (χ2n) is 4.45. The Bertz CT molecular complexity index is 420. The topological polar surface area (TPSA) is 29.5 Å². The van der Waals surface area contributed by atoms with E-state index >= 15 is 0 Å². The highest BCUT2D eigenvalue weighted by molar-refractivity contribution is 6.33. The van der Waals surface area contributed by atoms with Crippen molar-refractivity contribution in [3.8, 4) is 0 Å². The van der Waals surface area contributed by atoms with E-state index in [0.29, 0.717) is 23.7 Å². The van der Waals surface area contributed by atoms with E-state index in [-0.39, 0.29) is 12.0 Å². The van der Waals surface area contributed by atoms with Crippen molar-refractivity contribution in [3.63, 3.8) is 0 Å². The molecule has 0 aromatic heterocycles. The summed E-state index contributed by atoms with van der Waals surface area (Å²) in [6.45, 7) is 4.12. The number of halogens is 1. The molecule has 1 atom stereocenters. The average molecular weight is 268 g/mol. The van der Waals surface area contributed by atoms with Gasteiger partial charge in [-0.1, -0.05) is 23.7 Å². The number of piperidine rings is 1. The van der Waals surface area contributed by atoms with Gasteiger partial charge in [-0.25, -0.2) is 0 Å². The first kappa shape index (κ1) is 13.4. The van der Waals surface area contributed by atoms with Crippen LogP contribution in [0.15, 0.2) is 24.3 Å². The highest BCUT2D eigenvalue weighted by atomic mass is 35.5. The molecule has 1 amide bonds. The second kappa shape index (κ2) is 6.21. The van der Waals surface area contributed by atoms with Gasteiger partial charge in [-0.15, -0.1) is 0 Å². The van der Waals surface area contributed by atoms with Crippen LogP contribution in [0.2, 0.25) is 5.02 Å². The average Bonchev–Trinajstić information content (AvgIpc) is 2.39. The minimum Gasteiger partial charge on any atom is -0.377 e. The predicted octanol–water partition coefficient (Wildman–Crippen LogP) is 2.98. The van der Waals surface area contributed by atoms with Crippen LogP contribution >= 0.6 is 11.6 Å². The fourth-order valence-corrected chi connectivity index (χ4v) is 2.52. The van der Waals surface area contributed by atoms with Gasteiger partial charge in [-0.05, 0) is 31.9 Å². The Labute approximate surface area is 113 Å². The van der Waals surface area contributed by atoms with Crippen molar-refractivity contribution in [1.82, 2.24) is 4.90 Å². The fourth-order valence-electron chi connectivity index (χ4n) is 2.30. The Morgan fingerprint density at radius 2 is 2.28 bits per heavy atom. The van der Waals surface area contributed by atoms with Crippen molar-refractivity contribution >= 4 is 17.5 Å². The van der Waals surface area contributed by atoms with Crippen molar-refractivity contribution in [1.29, 1.82) is 0 Å². The minimum absolute atomic E-state index is 0.00463. The lowest BCUT2D eigenvalue weighted by atomic mass is 10.1. The molecule has 3 nitrogen and oxygen atoms in total. The summed E-state index contributed by atoms with van der Waals surface area (Å²) in [4.78, 5) is 14.2. The van der Waals surface area contributed by atoms with E-state index in [0.717, 1.165) is 19.4 Å². The number of hydrogen-bond donors (Lipinski definition) is 0. The molecule has 4 heteroatoms. The van der Waals surface area contributed by atoms with Crippen LogP contribution in [0.3, 0.4) is 0 Å². The van der Waals surface area contributed by atoms with Crippen LogP contribution in [0.5, 0.6) is 0 Å². The van der Waals surface area contributed by atoms with Crippen LogP contribution < -0.4 is 0 Å². The number of carbonyl (C=O) groups is 1. The molecule has 2 rings (SSSR count). The predicted molar refractivity (Wildman–Crippen MR) is 72.0 cm³/mol. The van der Waals surface area contributed by atoms with Gasteiger partial charge >= 0.3 is 0 Å². The third-order valence-corrected chi connectivity index (χ3v) is 3.50. The molecule has 0 radical (unpaired) electrons. The van der Waals surface area contributed by atoms with Crippen molar-refractivity contribution in [3.05, 3.63) is 34.9 Å². The van der Waals surface area contributed by atoms with Gasteiger partial charge < -0.3 is 9.64 Å². The van der Waals surface area contributed by atoms with E-state index in [1.54, 1.807) is 12.1 Å². The van der Waals surface area contributed by atoms with Crippen LogP contribution in [0.25, 0.3) is 0 Å². The first-order valence-electron chi connectivity index (χ1n) is 6.37. The molecule has 1 aromatic carbocycles. The largest absolute Gasteiger partial charge is 0.377 e. The van der Waals surface area contributed by atoms with E-state index in [2.05, 4.69) is 0 Å². The number of hydrogen-bond acceptors (Lipinski definition) is 2. The van der Waals surface area contributed by atoms with Crippen molar-refractivity contribution in [2.45, 2.75) is 25.9 Å². The zero-order valence-corrected chi connectivity index (χ0v) is 11.3. The molecule has 1 aliphatic heterocycles. The summed E-state index contributed by atoms with van der Waals surface area (Å²) in [5.41, 5.74) is 0.580. The number of amides is 1. The maximum atomic E-state index is 12.4. The zero-order chi connectivity index (χ0) is 13.0. The summed E-state index contributed by atoms with van der Waals surface area (Å²) in [5.74, 6) is 0.00463. The van der Waals surface area contributed by atoms with Gasteiger partial charge in [-0.2, -0.15) is 0 Å². The van der Waals surface area contributed by atoms with Crippen molar-refractivity contribution in [2.24, 2.45) is 0 Å². The lowest BCUT2D eigenvalue weighted by Gasteiger charge is -2.32. The summed E-state index contributed by atoms with van der Waals surface area (Å²) >= 11 is 6.06. The highest BCUT2D eigenvalue weighted by Crippen LogP contribution is 2.20. The summed E-state index contributed by atoms with van der Waals surface area (Å²) < 4.78 is 5.60. The molecule has 0 unspecified atom stereocenters. The molecule has 0 N–H and O–H groups in total. The summed E-state index contributed by atoms with van der Waals surface area (Å²) in [7, 11) is 0. The van der Waals surface area contributed by atoms with Gasteiger partial charge in [0.05, 0.1) is 16.7 Å². The maximum absolute atomic E-state index is 12.4. The molecule has 0 bridgehead atoms. The fraction of sp³-hybridized carbons (Fsp3) is 0.500. The molecular weight excluding hydrogens is 250 g/mol. The second-order valence-corrected chi connectivity index (χ2v) is 4.86. The Hall–Kier alpha value is -1.06. The molecule has 98 valence electrons. The quantitative estimate of drug-likeness (QED) is 0.843. The molecule has 1 saturated heterocycles. The van der Waals surface area contributed by atoms with E-state index in [4.69, 9.17) is 16.3 Å². The zero-order valence-electron chi connectivity index (χ0n) is 10.6. The number of benzene rings is 1. The number of ether oxygens (including phenoxy) is 1. The third-order valence-electron chi connectivity index (χ3n) is 3.17. The van der Waals surface area contributed by atoms with Crippen LogP contribution in [-0.2, 0) is 4.74 Å². The lowest BCUT2D eigenvalue weighted by Crippen LogP contribution is -2.43. The monoisotopic (exact) mass is 267 g/mol. The van der Waals surface area contributed by atoms with Crippen LogP contribution in [0.1, 0.15) is 30.1 Å². The minimum atomic E-state index is 0.00463. The Kier molecular flexibility index (Phi) is 4.61. The smallest absolute Gasteiger partial charge is 0.255 e. The van der Waals surface area contributed by atoms with Crippen LogP contribution in [0.4, 0.5) is 0 Å². The summed E-state index contributed by atoms with van der Waals surface area (Å²) in [6, 6.07) is 7.19. The molecule has 0 aliphatic carbocycles. The SMILES string of the molecule is CCO[C@H]1CCCN(C(=O)c2ccccc2Cl)C1. The maximum Gasteiger partial charge on any atom is 0.255 e. The number of likely N-dealkylation sites (tertiary alicyclic amines) is 1. The lowest BCUT2D eigenvalue weighted by molar-refractivity contribution is 0.00725. The van der Waals surface area contributed by atoms with Crippen LogP contribution in [0, 0.1) is 0 Å². The molecule has 1 heterocycles. The molecule has 18 heavy (non-hydrogen) atoms. The van der Waals surface area contributed by atoms with Gasteiger partial charge in [0.1, 0.15) is 0 Å². The van der Waals surface area contributed by atoms with Gasteiger partial charge in [0.25, 0.3) is 5.91 Å². The molecule has 0 saturated carbocycles. The first-order valence-corrected chi connectivity index (χ1v) is 6.75. The van der Waals surface area contributed by atoms with E-state index < -0.39 is 0 Å². The third kappa shape index (κ3) is 3.03. The van der Waals surface area contributed by atoms with Crippen LogP contribution in [-0.4, -0.2) is 36.6 Å². The molecule has 0 spiro atoms. The molecule has 1 fully saturated rings. The molecule has 1 aromatic rings. The number of carbonyl (C=O) groups excluding carboxylic acids is 1. The summed E-state index contributed by atoms with van der Waals surface area (Å²) in [5, 5.41) is 0.515. The molecular formula is C14H18ClNO2. The number of rotatable bonds is 3. The van der Waals surface area contributed by atoms with Gasteiger partial charge in [0.15, 0.2) is 0 Å². The Morgan fingerprint density at radius 3 is 3.00 bits per heavy atom. The molecule has 1 aliphatic rings. The Morgan fingerprint density at radius 1 is 1.50 bits per heavy atom. The standard InChI is InChI=1S/C14H18ClNO2/c1-2-18-11-6-5-9-16(10-11)14(17)12-7-3-4-8-13(12)15/h3-4,7-8,11H,2,5-6,9-10H2,1H3/t11-/m0/s1. The van der Waals surface area contributed by atoms with Gasteiger partial charge in [0.2, 0.25) is 0 Å². The van der Waals surface area contributed by atoms with Gasteiger partial charge in [-0.3, -0.25) is 4.79 Å². The normalized spacial score (nSPS) is 19.9. The van der Waals surface area contributed by atoms with E-state index in [1.165, 1.54) is 0 Å². The van der Waals surface area contributed by atoms with Gasteiger partial charge in [0, 0.05) is 19.7 Å². The van der Waals surface area contributed by atoms with E-state index in [9.17, 15) is 4.79 Å². The Balaban J connectivity index is 2.07. The van der Waals surface area contributed by atoms with E-state index in [1.807, 2.05) is 24.0 Å². The number of nitrogens with zero attached hydrogens (tertiary/aromatic N) is 1.